The first-order chi connectivity index (χ1) is 15.3. The van der Waals surface area contributed by atoms with Crippen molar-refractivity contribution >= 4 is 42.6 Å². The van der Waals surface area contributed by atoms with E-state index in [0.29, 0.717) is 31.1 Å². The largest absolute Gasteiger partial charge is 0.308 e. The van der Waals surface area contributed by atoms with E-state index in [1.165, 1.54) is 27.8 Å². The summed E-state index contributed by atoms with van der Waals surface area (Å²) in [5.41, 5.74) is 0.803. The van der Waals surface area contributed by atoms with Crippen molar-refractivity contribution in [3.05, 3.63) is 54.3 Å². The Morgan fingerprint density at radius 2 is 1.88 bits per heavy atom. The second kappa shape index (κ2) is 9.22. The van der Waals surface area contributed by atoms with Crippen molar-refractivity contribution in [2.45, 2.75) is 23.8 Å². The van der Waals surface area contributed by atoms with Crippen LogP contribution in [0.3, 0.4) is 0 Å². The number of thiazole rings is 1. The van der Waals surface area contributed by atoms with E-state index in [-0.39, 0.29) is 17.3 Å². The molecular formula is C22H25FN4O3S2. The lowest BCUT2D eigenvalue weighted by Gasteiger charge is -2.29. The molecular weight excluding hydrogens is 451 g/mol. The molecule has 170 valence electrons. The standard InChI is InChI=1S/C22H25FN4O3S2/c1-25(2)14-15-26(22-24-18-6-3-4-8-20(18)31-22)21(28)19-7-5-13-27(19)32(29,30)17-11-9-16(23)10-12-17/h3-4,6,8-12,19H,5,7,13-15H2,1-2H3. The fourth-order valence-electron chi connectivity index (χ4n) is 3.77. The molecule has 0 bridgehead atoms. The molecule has 4 rings (SSSR count). The first kappa shape index (κ1) is 22.8. The van der Waals surface area contributed by atoms with E-state index in [1.807, 2.05) is 43.3 Å². The van der Waals surface area contributed by atoms with E-state index >= 15 is 0 Å². The van der Waals surface area contributed by atoms with Crippen LogP contribution in [-0.2, 0) is 14.8 Å². The minimum absolute atomic E-state index is 0.0153. The quantitative estimate of drug-likeness (QED) is 0.524. The maximum absolute atomic E-state index is 13.7. The van der Waals surface area contributed by atoms with Gasteiger partial charge in [0.15, 0.2) is 5.13 Å². The van der Waals surface area contributed by atoms with E-state index in [2.05, 4.69) is 4.98 Å². The van der Waals surface area contributed by atoms with Gasteiger partial charge in [0, 0.05) is 19.6 Å². The Hall–Kier alpha value is -2.40. The summed E-state index contributed by atoms with van der Waals surface area (Å²) in [6.07, 6.45) is 1.01. The lowest BCUT2D eigenvalue weighted by Crippen LogP contribution is -2.49. The highest BCUT2D eigenvalue weighted by Crippen LogP contribution is 2.32. The lowest BCUT2D eigenvalue weighted by molar-refractivity contribution is -0.121. The maximum Gasteiger partial charge on any atom is 0.247 e. The van der Waals surface area contributed by atoms with E-state index in [4.69, 9.17) is 0 Å². The zero-order valence-corrected chi connectivity index (χ0v) is 19.6. The molecule has 1 saturated heterocycles. The van der Waals surface area contributed by atoms with E-state index in [0.717, 1.165) is 22.3 Å². The smallest absolute Gasteiger partial charge is 0.247 e. The van der Waals surface area contributed by atoms with Crippen molar-refractivity contribution in [2.75, 3.05) is 38.6 Å². The molecule has 10 heteroatoms. The number of carbonyl (C=O) groups excluding carboxylic acids is 1. The molecule has 1 aliphatic rings. The molecule has 1 amide bonds. The zero-order chi connectivity index (χ0) is 22.9. The molecule has 0 saturated carbocycles. The Morgan fingerprint density at radius 3 is 2.56 bits per heavy atom. The number of halogens is 1. The molecule has 1 aliphatic heterocycles. The molecule has 0 N–H and O–H groups in total. The summed E-state index contributed by atoms with van der Waals surface area (Å²) in [6, 6.07) is 11.5. The number of fused-ring (bicyclic) bond motifs is 1. The predicted molar refractivity (Wildman–Crippen MR) is 124 cm³/mol. The molecule has 1 aromatic heterocycles. The number of rotatable bonds is 7. The Labute approximate surface area is 191 Å². The molecule has 1 fully saturated rings. The van der Waals surface area contributed by atoms with Gasteiger partial charge in [-0.3, -0.25) is 9.69 Å². The number of para-hydroxylation sites is 1. The van der Waals surface area contributed by atoms with Gasteiger partial charge in [-0.25, -0.2) is 17.8 Å². The minimum atomic E-state index is -3.93. The summed E-state index contributed by atoms with van der Waals surface area (Å²) in [5.74, 6) is -0.794. The van der Waals surface area contributed by atoms with Crippen molar-refractivity contribution in [2.24, 2.45) is 0 Å². The van der Waals surface area contributed by atoms with E-state index in [1.54, 1.807) is 4.90 Å². The Kier molecular flexibility index (Phi) is 6.57. The number of anilines is 1. The first-order valence-electron chi connectivity index (χ1n) is 10.4. The summed E-state index contributed by atoms with van der Waals surface area (Å²) < 4.78 is 42.0. The van der Waals surface area contributed by atoms with Crippen LogP contribution in [0, 0.1) is 5.82 Å². The van der Waals surface area contributed by atoms with Crippen molar-refractivity contribution < 1.29 is 17.6 Å². The lowest BCUT2D eigenvalue weighted by atomic mass is 10.2. The van der Waals surface area contributed by atoms with Crippen LogP contribution in [0.1, 0.15) is 12.8 Å². The number of likely N-dealkylation sites (N-methyl/N-ethyl adjacent to an activating group) is 1. The average Bonchev–Trinajstić information content (AvgIpc) is 3.41. The third kappa shape index (κ3) is 4.54. The second-order valence-corrected chi connectivity index (χ2v) is 10.9. The van der Waals surface area contributed by atoms with Gasteiger partial charge < -0.3 is 4.90 Å². The summed E-state index contributed by atoms with van der Waals surface area (Å²) in [7, 11) is -0.0925. The van der Waals surface area contributed by atoms with Crippen LogP contribution >= 0.6 is 11.3 Å². The van der Waals surface area contributed by atoms with Crippen LogP contribution in [0.4, 0.5) is 9.52 Å². The summed E-state index contributed by atoms with van der Waals surface area (Å²) in [5, 5.41) is 0.559. The highest BCUT2D eigenvalue weighted by molar-refractivity contribution is 7.89. The fraction of sp³-hybridized carbons (Fsp3) is 0.364. The van der Waals surface area contributed by atoms with Crippen LogP contribution in [-0.4, -0.2) is 68.3 Å². The topological polar surface area (TPSA) is 73.8 Å². The van der Waals surface area contributed by atoms with Gasteiger partial charge in [-0.05, 0) is 63.3 Å². The highest BCUT2D eigenvalue weighted by atomic mass is 32.2. The molecule has 0 radical (unpaired) electrons. The number of carbonyl (C=O) groups is 1. The van der Waals surface area contributed by atoms with Crippen molar-refractivity contribution in [1.29, 1.82) is 0 Å². The molecule has 2 aromatic carbocycles. The first-order valence-corrected chi connectivity index (χ1v) is 12.6. The van der Waals surface area contributed by atoms with E-state index in [9.17, 15) is 17.6 Å². The van der Waals surface area contributed by atoms with Gasteiger partial charge in [-0.2, -0.15) is 4.31 Å². The maximum atomic E-state index is 13.7. The van der Waals surface area contributed by atoms with Crippen molar-refractivity contribution in [3.8, 4) is 0 Å². The molecule has 1 atom stereocenters. The van der Waals surface area contributed by atoms with Gasteiger partial charge in [-0.1, -0.05) is 23.5 Å². The van der Waals surface area contributed by atoms with Gasteiger partial charge in [0.05, 0.1) is 15.1 Å². The zero-order valence-electron chi connectivity index (χ0n) is 17.9. The third-order valence-corrected chi connectivity index (χ3v) is 8.44. The summed E-state index contributed by atoms with van der Waals surface area (Å²) in [6.45, 7) is 1.25. The average molecular weight is 477 g/mol. The number of hydrogen-bond acceptors (Lipinski definition) is 6. The fourth-order valence-corrected chi connectivity index (χ4v) is 6.42. The van der Waals surface area contributed by atoms with Crippen LogP contribution in [0.25, 0.3) is 10.2 Å². The summed E-state index contributed by atoms with van der Waals surface area (Å²) in [4.78, 5) is 21.9. The second-order valence-electron chi connectivity index (χ2n) is 7.99. The number of sulfonamides is 1. The predicted octanol–water partition coefficient (Wildman–Crippen LogP) is 3.18. The summed E-state index contributed by atoms with van der Waals surface area (Å²) >= 11 is 1.42. The molecule has 0 spiro atoms. The normalized spacial score (nSPS) is 17.3. The number of nitrogens with zero attached hydrogens (tertiary/aromatic N) is 4. The van der Waals surface area contributed by atoms with Crippen LogP contribution in [0.2, 0.25) is 0 Å². The number of benzene rings is 2. The number of amides is 1. The van der Waals surface area contributed by atoms with Gasteiger partial charge in [0.25, 0.3) is 0 Å². The Morgan fingerprint density at radius 1 is 1.16 bits per heavy atom. The van der Waals surface area contributed by atoms with Gasteiger partial charge in [-0.15, -0.1) is 0 Å². The molecule has 32 heavy (non-hydrogen) atoms. The molecule has 1 unspecified atom stereocenters. The molecule has 2 heterocycles. The van der Waals surface area contributed by atoms with Crippen LogP contribution in [0.5, 0.6) is 0 Å². The van der Waals surface area contributed by atoms with E-state index < -0.39 is 21.9 Å². The third-order valence-electron chi connectivity index (χ3n) is 5.46. The van der Waals surface area contributed by atoms with Gasteiger partial charge >= 0.3 is 0 Å². The SMILES string of the molecule is CN(C)CCN(C(=O)C1CCCN1S(=O)(=O)c1ccc(F)cc1)c1nc2ccccc2s1. The number of aromatic nitrogens is 1. The minimum Gasteiger partial charge on any atom is -0.308 e. The Balaban J connectivity index is 1.66. The number of hydrogen-bond donors (Lipinski definition) is 0. The Bertz CT molecular complexity index is 1180. The highest BCUT2D eigenvalue weighted by Gasteiger charge is 2.42. The van der Waals surface area contributed by atoms with Crippen molar-refractivity contribution in [1.82, 2.24) is 14.2 Å². The molecule has 0 aliphatic carbocycles. The monoisotopic (exact) mass is 476 g/mol. The van der Waals surface area contributed by atoms with Gasteiger partial charge in [0.2, 0.25) is 15.9 Å². The molecule has 7 nitrogen and oxygen atoms in total. The molecule has 3 aromatic rings. The van der Waals surface area contributed by atoms with Crippen molar-refractivity contribution in [3.63, 3.8) is 0 Å². The van der Waals surface area contributed by atoms with Crippen LogP contribution in [0.15, 0.2) is 53.4 Å². The van der Waals surface area contributed by atoms with Gasteiger partial charge in [0.1, 0.15) is 11.9 Å². The van der Waals surface area contributed by atoms with Crippen LogP contribution < -0.4 is 4.90 Å².